The van der Waals surface area contributed by atoms with Crippen LogP contribution in [0.3, 0.4) is 0 Å². The highest BCUT2D eigenvalue weighted by Crippen LogP contribution is 2.50. The first-order valence-electron chi connectivity index (χ1n) is 5.57. The van der Waals surface area contributed by atoms with Crippen LogP contribution in [0.5, 0.6) is 0 Å². The highest BCUT2D eigenvalue weighted by Gasteiger charge is 2.64. The van der Waals surface area contributed by atoms with Crippen molar-refractivity contribution >= 4 is 16.9 Å². The lowest BCUT2D eigenvalue weighted by atomic mass is 10.2. The van der Waals surface area contributed by atoms with E-state index in [2.05, 4.69) is 15.3 Å². The number of alkyl halides is 3. The molecule has 0 unspecified atom stereocenters. The Bertz CT molecular complexity index is 590. The third-order valence-corrected chi connectivity index (χ3v) is 3.13. The van der Waals surface area contributed by atoms with Gasteiger partial charge in [-0.2, -0.15) is 13.2 Å². The quantitative estimate of drug-likeness (QED) is 0.893. The van der Waals surface area contributed by atoms with Gasteiger partial charge in [0.05, 0.1) is 5.52 Å². The summed E-state index contributed by atoms with van der Waals surface area (Å²) in [6, 6.07) is 7.18. The molecule has 3 rings (SSSR count). The number of fused-ring (bicyclic) bond motifs is 1. The number of benzene rings is 1. The van der Waals surface area contributed by atoms with E-state index in [-0.39, 0.29) is 18.8 Å². The van der Waals surface area contributed by atoms with E-state index in [1.807, 2.05) is 12.1 Å². The van der Waals surface area contributed by atoms with Crippen LogP contribution in [-0.2, 0) is 0 Å². The zero-order chi connectivity index (χ0) is 12.8. The minimum atomic E-state index is -4.26. The van der Waals surface area contributed by atoms with E-state index >= 15 is 0 Å². The van der Waals surface area contributed by atoms with E-state index in [4.69, 9.17) is 0 Å². The molecule has 18 heavy (non-hydrogen) atoms. The lowest BCUT2D eigenvalue weighted by Gasteiger charge is -2.20. The molecule has 1 aliphatic carbocycles. The first-order valence-corrected chi connectivity index (χ1v) is 5.57. The van der Waals surface area contributed by atoms with Crippen molar-refractivity contribution in [2.75, 3.05) is 5.32 Å². The highest BCUT2D eigenvalue weighted by atomic mass is 19.4. The van der Waals surface area contributed by atoms with Crippen molar-refractivity contribution in [3.63, 3.8) is 0 Å². The minimum absolute atomic E-state index is 0.0310. The molecular formula is C12H10F3N3. The van der Waals surface area contributed by atoms with Gasteiger partial charge in [-0.15, -0.1) is 0 Å². The van der Waals surface area contributed by atoms with E-state index in [1.54, 1.807) is 12.1 Å². The third-order valence-electron chi connectivity index (χ3n) is 3.13. The summed E-state index contributed by atoms with van der Waals surface area (Å²) in [7, 11) is 0. The maximum absolute atomic E-state index is 12.8. The number of hydrogen-bond acceptors (Lipinski definition) is 3. The summed E-state index contributed by atoms with van der Waals surface area (Å²) >= 11 is 0. The van der Waals surface area contributed by atoms with Crippen molar-refractivity contribution in [2.24, 2.45) is 0 Å². The molecule has 1 aromatic carbocycles. The van der Waals surface area contributed by atoms with Gasteiger partial charge in [0, 0.05) is 11.6 Å². The fourth-order valence-corrected chi connectivity index (χ4v) is 1.85. The number of nitrogens with one attached hydrogen (secondary N) is 1. The zero-order valence-corrected chi connectivity index (χ0v) is 9.33. The maximum atomic E-state index is 12.8. The van der Waals surface area contributed by atoms with Crippen molar-refractivity contribution in [1.29, 1.82) is 0 Å². The van der Waals surface area contributed by atoms with Crippen molar-refractivity contribution in [3.05, 3.63) is 30.5 Å². The Hall–Kier alpha value is -1.85. The highest BCUT2D eigenvalue weighted by molar-refractivity contribution is 5.78. The molecule has 0 atom stereocenters. The molecule has 0 bridgehead atoms. The van der Waals surface area contributed by atoms with Gasteiger partial charge in [0.15, 0.2) is 0 Å². The molecule has 0 saturated heterocycles. The lowest BCUT2D eigenvalue weighted by Crippen LogP contribution is -2.39. The molecular weight excluding hydrogens is 243 g/mol. The van der Waals surface area contributed by atoms with Gasteiger partial charge in [0.1, 0.15) is 5.54 Å². The molecule has 94 valence electrons. The molecule has 2 aromatic rings. The number of halogens is 3. The largest absolute Gasteiger partial charge is 0.411 e. The summed E-state index contributed by atoms with van der Waals surface area (Å²) in [6.45, 7) is 0. The maximum Gasteiger partial charge on any atom is 0.411 e. The van der Waals surface area contributed by atoms with Crippen LogP contribution in [0.4, 0.5) is 19.1 Å². The Morgan fingerprint density at radius 2 is 1.89 bits per heavy atom. The average molecular weight is 253 g/mol. The predicted molar refractivity (Wildman–Crippen MR) is 61.2 cm³/mol. The van der Waals surface area contributed by atoms with E-state index < -0.39 is 11.7 Å². The Labute approximate surface area is 101 Å². The second-order valence-electron chi connectivity index (χ2n) is 4.46. The van der Waals surface area contributed by atoms with Crippen molar-refractivity contribution < 1.29 is 13.2 Å². The van der Waals surface area contributed by atoms with Gasteiger partial charge in [-0.25, -0.2) is 9.97 Å². The smallest absolute Gasteiger partial charge is 0.340 e. The van der Waals surface area contributed by atoms with Crippen LogP contribution in [0.2, 0.25) is 0 Å². The van der Waals surface area contributed by atoms with Gasteiger partial charge < -0.3 is 5.32 Å². The lowest BCUT2D eigenvalue weighted by molar-refractivity contribution is -0.151. The van der Waals surface area contributed by atoms with Crippen LogP contribution >= 0.6 is 0 Å². The molecule has 3 nitrogen and oxygen atoms in total. The van der Waals surface area contributed by atoms with Gasteiger partial charge in [-0.1, -0.05) is 18.2 Å². The molecule has 6 heteroatoms. The summed E-state index contributed by atoms with van der Waals surface area (Å²) < 4.78 is 38.3. The van der Waals surface area contributed by atoms with Crippen LogP contribution in [0.1, 0.15) is 12.8 Å². The number of aromatic nitrogens is 2. The minimum Gasteiger partial charge on any atom is -0.340 e. The number of rotatable bonds is 2. The fourth-order valence-electron chi connectivity index (χ4n) is 1.85. The monoisotopic (exact) mass is 253 g/mol. The molecule has 1 N–H and O–H groups in total. The van der Waals surface area contributed by atoms with Crippen LogP contribution in [0, 0.1) is 0 Å². The Balaban J connectivity index is 1.92. The first kappa shape index (κ1) is 11.3. The second kappa shape index (κ2) is 3.57. The van der Waals surface area contributed by atoms with Crippen molar-refractivity contribution in [2.45, 2.75) is 24.6 Å². The number of anilines is 1. The summed E-state index contributed by atoms with van der Waals surface area (Å²) in [5.74, 6) is 0.0310. The van der Waals surface area contributed by atoms with Crippen LogP contribution in [0.15, 0.2) is 30.5 Å². The normalized spacial score (nSPS) is 17.7. The Kier molecular flexibility index (Phi) is 2.23. The fraction of sp³-hybridized carbons (Fsp3) is 0.333. The van der Waals surface area contributed by atoms with Crippen molar-refractivity contribution in [3.8, 4) is 0 Å². The molecule has 0 aliphatic heterocycles. The average Bonchev–Trinajstić information content (AvgIpc) is 3.09. The SMILES string of the molecule is FC(F)(F)C1(Nc2ncc3ccccc3n2)CC1. The van der Waals surface area contributed by atoms with E-state index in [0.717, 1.165) is 5.39 Å². The molecule has 1 heterocycles. The molecule has 1 aliphatic rings. The van der Waals surface area contributed by atoms with Crippen molar-refractivity contribution in [1.82, 2.24) is 9.97 Å². The van der Waals surface area contributed by atoms with E-state index in [9.17, 15) is 13.2 Å². The van der Waals surface area contributed by atoms with Gasteiger partial charge in [0.2, 0.25) is 5.95 Å². The number of para-hydroxylation sites is 1. The zero-order valence-electron chi connectivity index (χ0n) is 9.33. The van der Waals surface area contributed by atoms with Crippen LogP contribution < -0.4 is 5.32 Å². The van der Waals surface area contributed by atoms with Gasteiger partial charge >= 0.3 is 6.18 Å². The van der Waals surface area contributed by atoms with E-state index in [0.29, 0.717) is 5.52 Å². The first-order chi connectivity index (χ1) is 8.50. The summed E-state index contributed by atoms with van der Waals surface area (Å²) in [6.07, 6.45) is -2.58. The Morgan fingerprint density at radius 1 is 1.17 bits per heavy atom. The van der Waals surface area contributed by atoms with Crippen LogP contribution in [0.25, 0.3) is 10.9 Å². The molecule has 1 aromatic heterocycles. The van der Waals surface area contributed by atoms with Gasteiger partial charge in [-0.3, -0.25) is 0 Å². The number of hydrogen-bond donors (Lipinski definition) is 1. The third kappa shape index (κ3) is 1.77. The topological polar surface area (TPSA) is 37.8 Å². The predicted octanol–water partition coefficient (Wildman–Crippen LogP) is 3.14. The Morgan fingerprint density at radius 3 is 2.56 bits per heavy atom. The van der Waals surface area contributed by atoms with E-state index in [1.165, 1.54) is 6.20 Å². The molecule has 0 amide bonds. The molecule has 0 spiro atoms. The number of nitrogens with zero attached hydrogens (tertiary/aromatic N) is 2. The van der Waals surface area contributed by atoms with Gasteiger partial charge in [-0.05, 0) is 18.9 Å². The summed E-state index contributed by atoms with van der Waals surface area (Å²) in [5.41, 5.74) is -1.19. The summed E-state index contributed by atoms with van der Waals surface area (Å²) in [5, 5.41) is 3.22. The summed E-state index contributed by atoms with van der Waals surface area (Å²) in [4.78, 5) is 8.02. The van der Waals surface area contributed by atoms with Crippen LogP contribution in [-0.4, -0.2) is 21.7 Å². The standard InChI is InChI=1S/C12H10F3N3/c13-12(14,15)11(5-6-11)18-10-16-7-8-3-1-2-4-9(8)17-10/h1-4,7H,5-6H2,(H,16,17,18). The molecule has 1 saturated carbocycles. The molecule has 0 radical (unpaired) electrons. The second-order valence-corrected chi connectivity index (χ2v) is 4.46. The molecule has 1 fully saturated rings. The van der Waals surface area contributed by atoms with Gasteiger partial charge in [0.25, 0.3) is 0 Å².